The van der Waals surface area contributed by atoms with Crippen LogP contribution >= 0.6 is 11.3 Å². The fraction of sp³-hybridized carbons (Fsp3) is 0.476. The quantitative estimate of drug-likeness (QED) is 0.455. The van der Waals surface area contributed by atoms with E-state index in [9.17, 15) is 14.8 Å². The molecule has 29 heavy (non-hydrogen) atoms. The van der Waals surface area contributed by atoms with Crippen LogP contribution in [-0.2, 0) is 16.1 Å². The summed E-state index contributed by atoms with van der Waals surface area (Å²) in [4.78, 5) is 28.3. The number of rotatable bonds is 10. The summed E-state index contributed by atoms with van der Waals surface area (Å²) < 4.78 is 6.00. The zero-order chi connectivity index (χ0) is 20.6. The van der Waals surface area contributed by atoms with E-state index >= 15 is 0 Å². The molecule has 1 unspecified atom stereocenters. The number of aromatic nitrogens is 1. The smallest absolute Gasteiger partial charge is 0.240 e. The lowest BCUT2D eigenvalue weighted by atomic mass is 10.1. The Morgan fingerprint density at radius 3 is 3.00 bits per heavy atom. The number of ether oxygens (including phenoxy) is 1. The second-order valence-electron chi connectivity index (χ2n) is 7.14. The number of hydroxylamine groups is 2. The van der Waals surface area contributed by atoms with Gasteiger partial charge in [-0.1, -0.05) is 12.1 Å². The molecule has 2 N–H and O–H groups in total. The van der Waals surface area contributed by atoms with Crippen molar-refractivity contribution in [2.24, 2.45) is 0 Å². The number of thiazole rings is 1. The second kappa shape index (κ2) is 10.5. The van der Waals surface area contributed by atoms with Gasteiger partial charge in [0.15, 0.2) is 0 Å². The number of aryl methyl sites for hydroxylation is 1. The molecule has 1 atom stereocenters. The summed E-state index contributed by atoms with van der Waals surface area (Å²) in [5.74, 6) is 0.540. The fourth-order valence-corrected chi connectivity index (χ4v) is 4.19. The highest BCUT2D eigenvalue weighted by molar-refractivity contribution is 7.13. The van der Waals surface area contributed by atoms with Crippen LogP contribution in [0.5, 0.6) is 5.75 Å². The first kappa shape index (κ1) is 21.4. The first-order valence-electron chi connectivity index (χ1n) is 9.93. The van der Waals surface area contributed by atoms with Gasteiger partial charge in [-0.3, -0.25) is 4.79 Å². The zero-order valence-electron chi connectivity index (χ0n) is 16.6. The van der Waals surface area contributed by atoms with Crippen LogP contribution in [0.15, 0.2) is 23.7 Å². The molecule has 0 spiro atoms. The van der Waals surface area contributed by atoms with E-state index in [1.54, 1.807) is 11.3 Å². The highest BCUT2D eigenvalue weighted by Gasteiger charge is 2.29. The van der Waals surface area contributed by atoms with Gasteiger partial charge in [0.05, 0.1) is 22.7 Å². The Morgan fingerprint density at radius 2 is 2.31 bits per heavy atom. The molecule has 1 saturated heterocycles. The van der Waals surface area contributed by atoms with Gasteiger partial charge in [-0.05, 0) is 44.2 Å². The van der Waals surface area contributed by atoms with Gasteiger partial charge in [-0.25, -0.2) is 4.98 Å². The Bertz CT molecular complexity index is 839. The normalized spacial score (nSPS) is 16.7. The van der Waals surface area contributed by atoms with Crippen molar-refractivity contribution < 1.29 is 19.5 Å². The molecule has 2 heterocycles. The molecular weight excluding hydrogens is 390 g/mol. The van der Waals surface area contributed by atoms with E-state index in [4.69, 9.17) is 4.74 Å². The lowest BCUT2D eigenvalue weighted by Gasteiger charge is -2.18. The second-order valence-corrected chi connectivity index (χ2v) is 7.99. The molecule has 0 saturated carbocycles. The lowest BCUT2D eigenvalue weighted by Crippen LogP contribution is -2.41. The number of aldehydes is 1. The number of benzene rings is 1. The maximum absolute atomic E-state index is 12.4. The molecule has 7 nitrogen and oxygen atoms in total. The van der Waals surface area contributed by atoms with Crippen LogP contribution in [0.1, 0.15) is 43.4 Å². The number of amides is 1. The first-order chi connectivity index (χ1) is 14.1. The van der Waals surface area contributed by atoms with Gasteiger partial charge in [0.2, 0.25) is 5.91 Å². The van der Waals surface area contributed by atoms with Gasteiger partial charge < -0.3 is 20.1 Å². The Balaban J connectivity index is 1.70. The third-order valence-corrected chi connectivity index (χ3v) is 6.01. The van der Waals surface area contributed by atoms with Crippen molar-refractivity contribution in [3.63, 3.8) is 0 Å². The van der Waals surface area contributed by atoms with Crippen molar-refractivity contribution in [1.29, 1.82) is 0 Å². The summed E-state index contributed by atoms with van der Waals surface area (Å²) in [5, 5.41) is 13.8. The van der Waals surface area contributed by atoms with Gasteiger partial charge >= 0.3 is 0 Å². The number of nitrogens with one attached hydrogen (secondary N) is 1. The monoisotopic (exact) mass is 417 g/mol. The number of hydrogen-bond acceptors (Lipinski definition) is 7. The maximum Gasteiger partial charge on any atom is 0.240 e. The molecule has 0 radical (unpaired) electrons. The molecule has 1 amide bonds. The van der Waals surface area contributed by atoms with Crippen LogP contribution < -0.4 is 10.1 Å². The van der Waals surface area contributed by atoms with E-state index in [0.29, 0.717) is 38.3 Å². The molecule has 1 aromatic heterocycles. The van der Waals surface area contributed by atoms with Gasteiger partial charge in [-0.2, -0.15) is 5.06 Å². The van der Waals surface area contributed by atoms with E-state index in [0.717, 1.165) is 52.3 Å². The molecular formula is C21H27N3O4S. The van der Waals surface area contributed by atoms with Crippen molar-refractivity contribution in [2.75, 3.05) is 13.2 Å². The minimum Gasteiger partial charge on any atom is -0.493 e. The van der Waals surface area contributed by atoms with E-state index in [1.165, 1.54) is 0 Å². The van der Waals surface area contributed by atoms with Gasteiger partial charge in [0, 0.05) is 25.1 Å². The average molecular weight is 418 g/mol. The van der Waals surface area contributed by atoms with Crippen LogP contribution in [0.2, 0.25) is 0 Å². The topological polar surface area (TPSA) is 91.8 Å². The van der Waals surface area contributed by atoms with Gasteiger partial charge in [0.1, 0.15) is 18.1 Å². The third kappa shape index (κ3) is 5.62. The highest BCUT2D eigenvalue weighted by Crippen LogP contribution is 2.32. The number of carbonyl (C=O) groups excluding carboxylic acids is 2. The molecule has 0 bridgehead atoms. The average Bonchev–Trinajstić information content (AvgIpc) is 3.34. The maximum atomic E-state index is 12.4. The number of hydrogen-bond donors (Lipinski definition) is 2. The van der Waals surface area contributed by atoms with Crippen molar-refractivity contribution in [1.82, 2.24) is 15.4 Å². The van der Waals surface area contributed by atoms with Crippen LogP contribution in [-0.4, -0.2) is 46.6 Å². The summed E-state index contributed by atoms with van der Waals surface area (Å²) in [6.07, 6.45) is 4.50. The van der Waals surface area contributed by atoms with Gasteiger partial charge in [-0.15, -0.1) is 11.3 Å². The van der Waals surface area contributed by atoms with E-state index in [1.807, 2.05) is 30.6 Å². The third-order valence-electron chi connectivity index (χ3n) is 5.03. The molecule has 0 aliphatic carbocycles. The van der Waals surface area contributed by atoms with Crippen molar-refractivity contribution in [2.45, 2.75) is 51.6 Å². The van der Waals surface area contributed by atoms with Crippen LogP contribution in [0, 0.1) is 6.92 Å². The largest absolute Gasteiger partial charge is 0.493 e. The summed E-state index contributed by atoms with van der Waals surface area (Å²) in [5.41, 5.74) is 4.70. The summed E-state index contributed by atoms with van der Waals surface area (Å²) in [7, 11) is 0. The zero-order valence-corrected chi connectivity index (χ0v) is 17.4. The van der Waals surface area contributed by atoms with Crippen molar-refractivity contribution >= 4 is 23.5 Å². The van der Waals surface area contributed by atoms with Crippen LogP contribution in [0.4, 0.5) is 0 Å². The predicted molar refractivity (Wildman–Crippen MR) is 111 cm³/mol. The minimum absolute atomic E-state index is 0.177. The Kier molecular flexibility index (Phi) is 7.74. The first-order valence-corrected chi connectivity index (χ1v) is 10.8. The van der Waals surface area contributed by atoms with E-state index in [-0.39, 0.29) is 5.91 Å². The van der Waals surface area contributed by atoms with Crippen molar-refractivity contribution in [3.8, 4) is 16.2 Å². The Labute approximate surface area is 174 Å². The number of nitrogens with zero attached hydrogens (tertiary/aromatic N) is 2. The molecule has 1 aliphatic rings. The summed E-state index contributed by atoms with van der Waals surface area (Å²) >= 11 is 1.58. The molecule has 2 aromatic rings. The molecule has 3 rings (SSSR count). The molecule has 1 aliphatic heterocycles. The molecule has 156 valence electrons. The standard InChI is InChI=1S/C21H27N3O4S/c1-15-20(29-14-23-15)16-7-8-17(19(12-16)28-11-4-2-3-10-25)13-22-21(26)18-6-5-9-24(18)27/h7-8,10,12,14,18,27H,2-6,9,11,13H2,1H3,(H,22,26). The SMILES string of the molecule is Cc1ncsc1-c1ccc(CNC(=O)C2CCCN2O)c(OCCCCC=O)c1. The Morgan fingerprint density at radius 1 is 1.45 bits per heavy atom. The predicted octanol–water partition coefficient (Wildman–Crippen LogP) is 3.34. The van der Waals surface area contributed by atoms with E-state index in [2.05, 4.69) is 10.3 Å². The van der Waals surface area contributed by atoms with E-state index < -0.39 is 6.04 Å². The highest BCUT2D eigenvalue weighted by atomic mass is 32.1. The van der Waals surface area contributed by atoms with Gasteiger partial charge in [0.25, 0.3) is 0 Å². The fourth-order valence-electron chi connectivity index (χ4n) is 3.39. The number of carbonyl (C=O) groups is 2. The molecule has 1 aromatic carbocycles. The molecule has 1 fully saturated rings. The minimum atomic E-state index is -0.484. The molecule has 8 heteroatoms. The van der Waals surface area contributed by atoms with Crippen molar-refractivity contribution in [3.05, 3.63) is 35.0 Å². The Hall–Kier alpha value is -2.29. The summed E-state index contributed by atoms with van der Waals surface area (Å²) in [6, 6.07) is 5.47. The summed E-state index contributed by atoms with van der Waals surface area (Å²) in [6.45, 7) is 3.33. The lowest BCUT2D eigenvalue weighted by molar-refractivity contribution is -0.145. The van der Waals surface area contributed by atoms with Crippen LogP contribution in [0.3, 0.4) is 0 Å². The number of unbranched alkanes of at least 4 members (excludes halogenated alkanes) is 2. The van der Waals surface area contributed by atoms with Crippen LogP contribution in [0.25, 0.3) is 10.4 Å².